The molecule has 0 unspecified atom stereocenters. The van der Waals surface area contributed by atoms with Crippen molar-refractivity contribution in [3.63, 3.8) is 0 Å². The third kappa shape index (κ3) is 2.14. The van der Waals surface area contributed by atoms with Gasteiger partial charge in [-0.25, -0.2) is 0 Å². The molecule has 1 aromatic carbocycles. The van der Waals surface area contributed by atoms with E-state index < -0.39 is 0 Å². The highest BCUT2D eigenvalue weighted by Crippen LogP contribution is 2.21. The van der Waals surface area contributed by atoms with Gasteiger partial charge in [0.25, 0.3) is 5.91 Å². The van der Waals surface area contributed by atoms with Crippen LogP contribution < -0.4 is 10.1 Å². The Kier molecular flexibility index (Phi) is 3.10. The fourth-order valence-corrected chi connectivity index (χ4v) is 1.76. The van der Waals surface area contributed by atoms with Crippen LogP contribution in [-0.2, 0) is 4.79 Å². The Labute approximate surface area is 105 Å². The van der Waals surface area contributed by atoms with Crippen molar-refractivity contribution in [1.82, 2.24) is 10.2 Å². The molecule has 1 aliphatic rings. The molecule has 1 heterocycles. The highest BCUT2D eigenvalue weighted by molar-refractivity contribution is 7.80. The first-order valence-corrected chi connectivity index (χ1v) is 5.48. The number of ether oxygens (including phenoxy) is 1. The number of rotatable bonds is 2. The molecule has 1 aliphatic heterocycles. The van der Waals surface area contributed by atoms with Crippen LogP contribution in [0.2, 0.25) is 0 Å². The number of carbonyl (C=O) groups is 1. The zero-order valence-corrected chi connectivity index (χ0v) is 10.4. The maximum Gasteiger partial charge on any atom is 0.276 e. The minimum atomic E-state index is -0.138. The van der Waals surface area contributed by atoms with Crippen molar-refractivity contribution in [3.05, 3.63) is 35.5 Å². The predicted molar refractivity (Wildman–Crippen MR) is 69.5 cm³/mol. The van der Waals surface area contributed by atoms with E-state index in [9.17, 15) is 4.79 Å². The van der Waals surface area contributed by atoms with Crippen LogP contribution in [0.25, 0.3) is 6.08 Å². The number of hydrogen-bond donors (Lipinski definition) is 1. The molecule has 0 spiro atoms. The van der Waals surface area contributed by atoms with E-state index in [4.69, 9.17) is 17.0 Å². The van der Waals surface area contributed by atoms with E-state index >= 15 is 0 Å². The molecule has 4 nitrogen and oxygen atoms in total. The van der Waals surface area contributed by atoms with E-state index in [2.05, 4.69) is 5.32 Å². The second kappa shape index (κ2) is 4.55. The number of thiocarbonyl (C=S) groups is 1. The minimum Gasteiger partial charge on any atom is -0.496 e. The Morgan fingerprint density at radius 2 is 2.12 bits per heavy atom. The molecule has 0 saturated carbocycles. The van der Waals surface area contributed by atoms with Crippen molar-refractivity contribution in [1.29, 1.82) is 0 Å². The lowest BCUT2D eigenvalue weighted by Crippen LogP contribution is -2.25. The Balaban J connectivity index is 2.37. The average molecular weight is 248 g/mol. The zero-order valence-electron chi connectivity index (χ0n) is 9.56. The summed E-state index contributed by atoms with van der Waals surface area (Å²) in [5.74, 6) is 0.580. The highest BCUT2D eigenvalue weighted by Gasteiger charge is 2.27. The summed E-state index contributed by atoms with van der Waals surface area (Å²) in [6.07, 6.45) is 1.73. The number of carbonyl (C=O) groups excluding carboxylic acids is 1. The van der Waals surface area contributed by atoms with Gasteiger partial charge in [-0.3, -0.25) is 9.69 Å². The van der Waals surface area contributed by atoms with Crippen molar-refractivity contribution in [2.45, 2.75) is 0 Å². The molecule has 1 fully saturated rings. The van der Waals surface area contributed by atoms with Crippen molar-refractivity contribution in [3.8, 4) is 5.75 Å². The largest absolute Gasteiger partial charge is 0.496 e. The fourth-order valence-electron chi connectivity index (χ4n) is 1.56. The summed E-state index contributed by atoms with van der Waals surface area (Å²) in [6, 6.07) is 7.48. The number of nitrogens with zero attached hydrogens (tertiary/aromatic N) is 1. The molecule has 17 heavy (non-hydrogen) atoms. The van der Waals surface area contributed by atoms with Crippen LogP contribution in [0.4, 0.5) is 0 Å². The fraction of sp³-hybridized carbons (Fsp3) is 0.167. The smallest absolute Gasteiger partial charge is 0.276 e. The van der Waals surface area contributed by atoms with Crippen molar-refractivity contribution < 1.29 is 9.53 Å². The highest BCUT2D eigenvalue weighted by atomic mass is 32.1. The van der Waals surface area contributed by atoms with Gasteiger partial charge in [0.05, 0.1) is 7.11 Å². The van der Waals surface area contributed by atoms with Gasteiger partial charge in [-0.05, 0) is 24.4 Å². The summed E-state index contributed by atoms with van der Waals surface area (Å²) in [7, 11) is 3.23. The molecular weight excluding hydrogens is 236 g/mol. The SMILES string of the molecule is COc1ccccc1/C=C1\NC(=S)N(C)C1=O. The number of methoxy groups -OCH3 is 1. The van der Waals surface area contributed by atoms with Crippen molar-refractivity contribution >= 4 is 29.3 Å². The lowest BCUT2D eigenvalue weighted by Gasteiger charge is -2.04. The first kappa shape index (κ1) is 11.6. The van der Waals surface area contributed by atoms with Crippen LogP contribution in [0.1, 0.15) is 5.56 Å². The molecule has 1 aromatic rings. The molecule has 1 N–H and O–H groups in total. The van der Waals surface area contributed by atoms with Gasteiger partial charge >= 0.3 is 0 Å². The molecule has 0 bridgehead atoms. The molecule has 2 rings (SSSR count). The lowest BCUT2D eigenvalue weighted by molar-refractivity contribution is -0.121. The second-order valence-electron chi connectivity index (χ2n) is 3.59. The number of likely N-dealkylation sites (N-methyl/N-ethyl adjacent to an activating group) is 1. The van der Waals surface area contributed by atoms with Crippen LogP contribution in [-0.4, -0.2) is 30.1 Å². The molecule has 1 saturated heterocycles. The summed E-state index contributed by atoms with van der Waals surface area (Å²) < 4.78 is 5.21. The summed E-state index contributed by atoms with van der Waals surface area (Å²) >= 11 is 5.00. The van der Waals surface area contributed by atoms with Gasteiger partial charge in [0.15, 0.2) is 5.11 Å². The topological polar surface area (TPSA) is 41.6 Å². The summed E-state index contributed by atoms with van der Waals surface area (Å²) in [5, 5.41) is 3.28. The number of para-hydroxylation sites is 1. The Hall–Kier alpha value is -1.88. The Morgan fingerprint density at radius 1 is 1.41 bits per heavy atom. The first-order chi connectivity index (χ1) is 8.13. The first-order valence-electron chi connectivity index (χ1n) is 5.07. The monoisotopic (exact) mass is 248 g/mol. The van der Waals surface area contributed by atoms with Crippen LogP contribution in [0.3, 0.4) is 0 Å². The molecular formula is C12H12N2O2S. The molecule has 1 amide bonds. The number of nitrogens with one attached hydrogen (secondary N) is 1. The van der Waals surface area contributed by atoms with Crippen molar-refractivity contribution in [2.75, 3.05) is 14.2 Å². The van der Waals surface area contributed by atoms with E-state index in [-0.39, 0.29) is 5.91 Å². The number of benzene rings is 1. The molecule has 0 aromatic heterocycles. The van der Waals surface area contributed by atoms with E-state index in [0.717, 1.165) is 11.3 Å². The molecule has 5 heteroatoms. The van der Waals surface area contributed by atoms with Crippen LogP contribution in [0.5, 0.6) is 5.75 Å². The van der Waals surface area contributed by atoms with E-state index in [1.807, 2.05) is 24.3 Å². The van der Waals surface area contributed by atoms with Gasteiger partial charge < -0.3 is 10.1 Å². The minimum absolute atomic E-state index is 0.138. The van der Waals surface area contributed by atoms with Gasteiger partial charge in [-0.2, -0.15) is 0 Å². The van der Waals surface area contributed by atoms with Crippen LogP contribution >= 0.6 is 12.2 Å². The standard InChI is InChI=1S/C12H12N2O2S/c1-14-11(15)9(13-12(14)17)7-8-5-3-4-6-10(8)16-2/h3-7H,1-2H3,(H,13,17)/b9-7-. The number of amides is 1. The van der Waals surface area contributed by atoms with Crippen molar-refractivity contribution in [2.24, 2.45) is 0 Å². The summed E-state index contributed by atoms with van der Waals surface area (Å²) in [5.41, 5.74) is 1.30. The maximum atomic E-state index is 11.8. The van der Waals surface area contributed by atoms with Gasteiger partial charge in [0.1, 0.15) is 11.4 Å². The van der Waals surface area contributed by atoms with Gasteiger partial charge in [-0.1, -0.05) is 18.2 Å². The van der Waals surface area contributed by atoms with E-state index in [0.29, 0.717) is 10.8 Å². The lowest BCUT2D eigenvalue weighted by atomic mass is 10.1. The maximum absolute atomic E-state index is 11.8. The summed E-state index contributed by atoms with van der Waals surface area (Å²) in [6.45, 7) is 0. The molecule has 0 aliphatic carbocycles. The third-order valence-electron chi connectivity index (χ3n) is 2.52. The zero-order chi connectivity index (χ0) is 12.4. The normalized spacial score (nSPS) is 17.5. The van der Waals surface area contributed by atoms with Crippen LogP contribution in [0, 0.1) is 0 Å². The quantitative estimate of drug-likeness (QED) is 0.634. The van der Waals surface area contributed by atoms with Gasteiger partial charge in [0.2, 0.25) is 0 Å². The molecule has 88 valence electrons. The van der Waals surface area contributed by atoms with E-state index in [1.165, 1.54) is 4.90 Å². The third-order valence-corrected chi connectivity index (χ3v) is 2.90. The summed E-state index contributed by atoms with van der Waals surface area (Å²) in [4.78, 5) is 13.2. The van der Waals surface area contributed by atoms with Gasteiger partial charge in [0, 0.05) is 12.6 Å². The van der Waals surface area contributed by atoms with E-state index in [1.54, 1.807) is 20.2 Å². The number of hydrogen-bond acceptors (Lipinski definition) is 3. The second-order valence-corrected chi connectivity index (χ2v) is 3.98. The average Bonchev–Trinajstić information content (AvgIpc) is 2.58. The van der Waals surface area contributed by atoms with Gasteiger partial charge in [-0.15, -0.1) is 0 Å². The molecule has 0 atom stereocenters. The molecule has 0 radical (unpaired) electrons. The Bertz CT molecular complexity index is 511. The Morgan fingerprint density at radius 3 is 2.71 bits per heavy atom. The predicted octanol–water partition coefficient (Wildman–Crippen LogP) is 1.38. The van der Waals surface area contributed by atoms with Crippen LogP contribution in [0.15, 0.2) is 30.0 Å².